The Balaban J connectivity index is 2.79. The van der Waals surface area contributed by atoms with E-state index in [-0.39, 0.29) is 13.2 Å². The first-order valence-electron chi connectivity index (χ1n) is 4.87. The maximum absolute atomic E-state index is 10.5. The SMILES string of the molecule is C#CCOC(C[N+](=O)[O-])c1ccc(C)cc1. The maximum Gasteiger partial charge on any atom is 0.233 e. The van der Waals surface area contributed by atoms with Gasteiger partial charge in [-0.25, -0.2) is 0 Å². The van der Waals surface area contributed by atoms with Gasteiger partial charge in [-0.2, -0.15) is 0 Å². The average Bonchev–Trinajstić information content (AvgIpc) is 2.25. The van der Waals surface area contributed by atoms with Crippen molar-refractivity contribution in [2.75, 3.05) is 13.2 Å². The number of hydrogen-bond acceptors (Lipinski definition) is 3. The fourth-order valence-electron chi connectivity index (χ4n) is 1.32. The van der Waals surface area contributed by atoms with Crippen molar-refractivity contribution in [2.45, 2.75) is 13.0 Å². The zero-order valence-corrected chi connectivity index (χ0v) is 9.05. The lowest BCUT2D eigenvalue weighted by atomic mass is 10.1. The number of ether oxygens (including phenoxy) is 1. The van der Waals surface area contributed by atoms with Gasteiger partial charge in [0.05, 0.1) is 0 Å². The van der Waals surface area contributed by atoms with Crippen LogP contribution < -0.4 is 0 Å². The molecule has 0 fully saturated rings. The molecule has 0 saturated carbocycles. The highest BCUT2D eigenvalue weighted by molar-refractivity contribution is 5.23. The number of nitrogens with zero attached hydrogens (tertiary/aromatic N) is 1. The number of aryl methyl sites for hydroxylation is 1. The van der Waals surface area contributed by atoms with Crippen molar-refractivity contribution < 1.29 is 9.66 Å². The molecule has 1 rings (SSSR count). The van der Waals surface area contributed by atoms with Crippen LogP contribution in [0.15, 0.2) is 24.3 Å². The van der Waals surface area contributed by atoms with Crippen molar-refractivity contribution in [1.29, 1.82) is 0 Å². The fraction of sp³-hybridized carbons (Fsp3) is 0.333. The zero-order valence-electron chi connectivity index (χ0n) is 9.05. The lowest BCUT2D eigenvalue weighted by molar-refractivity contribution is -0.492. The molecule has 84 valence electrons. The van der Waals surface area contributed by atoms with Gasteiger partial charge in [-0.1, -0.05) is 35.7 Å². The van der Waals surface area contributed by atoms with Gasteiger partial charge in [-0.05, 0) is 12.5 Å². The summed E-state index contributed by atoms with van der Waals surface area (Å²) in [6.07, 6.45) is 4.49. The lowest BCUT2D eigenvalue weighted by Crippen LogP contribution is -2.16. The molecular weight excluding hydrogens is 206 g/mol. The van der Waals surface area contributed by atoms with E-state index in [1.54, 1.807) is 0 Å². The van der Waals surface area contributed by atoms with Crippen LogP contribution in [0.1, 0.15) is 17.2 Å². The molecule has 0 radical (unpaired) electrons. The van der Waals surface area contributed by atoms with Crippen molar-refractivity contribution in [3.05, 3.63) is 45.5 Å². The summed E-state index contributed by atoms with van der Waals surface area (Å²) in [6.45, 7) is 1.76. The van der Waals surface area contributed by atoms with Crippen LogP contribution in [0.25, 0.3) is 0 Å². The lowest BCUT2D eigenvalue weighted by Gasteiger charge is -2.12. The van der Waals surface area contributed by atoms with E-state index < -0.39 is 11.0 Å². The van der Waals surface area contributed by atoms with Crippen LogP contribution in [0.4, 0.5) is 0 Å². The maximum atomic E-state index is 10.5. The first-order chi connectivity index (χ1) is 7.63. The second kappa shape index (κ2) is 5.89. The molecule has 0 aliphatic heterocycles. The minimum atomic E-state index is -0.577. The molecule has 0 N–H and O–H groups in total. The van der Waals surface area contributed by atoms with Crippen LogP contribution in [0, 0.1) is 29.4 Å². The summed E-state index contributed by atoms with van der Waals surface area (Å²) in [5.41, 5.74) is 1.87. The third kappa shape index (κ3) is 3.71. The molecule has 0 aliphatic rings. The van der Waals surface area contributed by atoms with E-state index in [4.69, 9.17) is 11.2 Å². The van der Waals surface area contributed by atoms with Crippen molar-refractivity contribution in [3.63, 3.8) is 0 Å². The summed E-state index contributed by atoms with van der Waals surface area (Å²) in [5.74, 6) is 2.31. The van der Waals surface area contributed by atoms with Crippen LogP contribution in [-0.4, -0.2) is 18.1 Å². The molecule has 0 heterocycles. The highest BCUT2D eigenvalue weighted by Gasteiger charge is 2.17. The van der Waals surface area contributed by atoms with Crippen molar-refractivity contribution >= 4 is 0 Å². The topological polar surface area (TPSA) is 52.4 Å². The van der Waals surface area contributed by atoms with Crippen molar-refractivity contribution in [1.82, 2.24) is 0 Å². The standard InChI is InChI=1S/C12H13NO3/c1-3-8-16-12(9-13(14)15)11-6-4-10(2)5-7-11/h1,4-7,12H,8-9H2,2H3. The Kier molecular flexibility index (Phi) is 4.49. The smallest absolute Gasteiger partial charge is 0.233 e. The molecule has 0 aromatic heterocycles. The van der Waals surface area contributed by atoms with E-state index in [2.05, 4.69) is 5.92 Å². The summed E-state index contributed by atoms with van der Waals surface area (Å²) < 4.78 is 5.25. The summed E-state index contributed by atoms with van der Waals surface area (Å²) in [6, 6.07) is 7.42. The molecule has 0 amide bonds. The molecule has 16 heavy (non-hydrogen) atoms. The van der Waals surface area contributed by atoms with E-state index in [0.717, 1.165) is 11.1 Å². The fourth-order valence-corrected chi connectivity index (χ4v) is 1.32. The Morgan fingerprint density at radius 2 is 2.12 bits per heavy atom. The van der Waals surface area contributed by atoms with Gasteiger partial charge in [0, 0.05) is 4.92 Å². The number of nitro groups is 1. The summed E-state index contributed by atoms with van der Waals surface area (Å²) in [5, 5.41) is 10.5. The predicted molar refractivity (Wildman–Crippen MR) is 60.6 cm³/mol. The molecule has 4 heteroatoms. The van der Waals surface area contributed by atoms with Gasteiger partial charge in [0.2, 0.25) is 6.54 Å². The van der Waals surface area contributed by atoms with E-state index in [0.29, 0.717) is 0 Å². The second-order valence-corrected chi connectivity index (χ2v) is 3.43. The van der Waals surface area contributed by atoms with Gasteiger partial charge in [-0.15, -0.1) is 6.42 Å². The van der Waals surface area contributed by atoms with Gasteiger partial charge < -0.3 is 4.74 Å². The Morgan fingerprint density at radius 1 is 1.50 bits per heavy atom. The van der Waals surface area contributed by atoms with Crippen LogP contribution >= 0.6 is 0 Å². The molecule has 4 nitrogen and oxygen atoms in total. The van der Waals surface area contributed by atoms with Crippen LogP contribution in [0.5, 0.6) is 0 Å². The van der Waals surface area contributed by atoms with Gasteiger partial charge >= 0.3 is 0 Å². The Bertz CT molecular complexity index is 392. The van der Waals surface area contributed by atoms with Crippen LogP contribution in [-0.2, 0) is 4.74 Å². The number of rotatable bonds is 5. The second-order valence-electron chi connectivity index (χ2n) is 3.43. The van der Waals surface area contributed by atoms with E-state index in [9.17, 15) is 10.1 Å². The van der Waals surface area contributed by atoms with Crippen LogP contribution in [0.2, 0.25) is 0 Å². The first kappa shape index (κ1) is 12.2. The van der Waals surface area contributed by atoms with Gasteiger partial charge in [0.15, 0.2) is 0 Å². The summed E-state index contributed by atoms with van der Waals surface area (Å²) >= 11 is 0. The molecular formula is C12H13NO3. The normalized spacial score (nSPS) is 11.8. The Hall–Kier alpha value is -1.86. The van der Waals surface area contributed by atoms with E-state index in [1.807, 2.05) is 31.2 Å². The molecule has 0 spiro atoms. The summed E-state index contributed by atoms with van der Waals surface area (Å²) in [7, 11) is 0. The molecule has 1 aromatic rings. The largest absolute Gasteiger partial charge is 0.354 e. The molecule has 0 saturated heterocycles. The third-order valence-corrected chi connectivity index (χ3v) is 2.13. The third-order valence-electron chi connectivity index (χ3n) is 2.13. The zero-order chi connectivity index (χ0) is 12.0. The Labute approximate surface area is 94.4 Å². The number of terminal acetylenes is 1. The highest BCUT2D eigenvalue weighted by atomic mass is 16.6. The highest BCUT2D eigenvalue weighted by Crippen LogP contribution is 2.18. The molecule has 1 atom stereocenters. The van der Waals surface area contributed by atoms with Gasteiger partial charge in [-0.3, -0.25) is 10.1 Å². The minimum absolute atomic E-state index is 0.0758. The predicted octanol–water partition coefficient (Wildman–Crippen LogP) is 1.96. The number of hydrogen-bond donors (Lipinski definition) is 0. The average molecular weight is 219 g/mol. The molecule has 0 bridgehead atoms. The Morgan fingerprint density at radius 3 is 2.62 bits per heavy atom. The van der Waals surface area contributed by atoms with Crippen LogP contribution in [0.3, 0.4) is 0 Å². The summed E-state index contributed by atoms with van der Waals surface area (Å²) in [4.78, 5) is 10.1. The molecule has 1 aromatic carbocycles. The van der Waals surface area contributed by atoms with Gasteiger partial charge in [0.25, 0.3) is 0 Å². The first-order valence-corrected chi connectivity index (χ1v) is 4.87. The van der Waals surface area contributed by atoms with Crippen molar-refractivity contribution in [3.8, 4) is 12.3 Å². The molecule has 0 aliphatic carbocycles. The quantitative estimate of drug-likeness (QED) is 0.432. The van der Waals surface area contributed by atoms with Crippen molar-refractivity contribution in [2.24, 2.45) is 0 Å². The van der Waals surface area contributed by atoms with E-state index >= 15 is 0 Å². The van der Waals surface area contributed by atoms with Gasteiger partial charge in [0.1, 0.15) is 12.7 Å². The minimum Gasteiger partial charge on any atom is -0.354 e. The van der Waals surface area contributed by atoms with E-state index in [1.165, 1.54) is 0 Å². The molecule has 1 unspecified atom stereocenters. The number of benzene rings is 1. The monoisotopic (exact) mass is 219 g/mol.